The molecule has 6 heteroatoms. The largest absolute Gasteiger partial charge is 0.477 e. The number of benzene rings is 1. The summed E-state index contributed by atoms with van der Waals surface area (Å²) in [5, 5.41) is 0. The van der Waals surface area contributed by atoms with Crippen molar-refractivity contribution in [1.29, 1.82) is 0 Å². The number of amides is 1. The molecule has 6 nitrogen and oxygen atoms in total. The molecule has 1 aliphatic heterocycles. The lowest BCUT2D eigenvalue weighted by atomic mass is 9.94. The van der Waals surface area contributed by atoms with Gasteiger partial charge in [0.1, 0.15) is 5.60 Å². The van der Waals surface area contributed by atoms with Gasteiger partial charge < -0.3 is 14.4 Å². The van der Waals surface area contributed by atoms with Crippen LogP contribution >= 0.6 is 0 Å². The summed E-state index contributed by atoms with van der Waals surface area (Å²) in [6.45, 7) is 7.87. The number of nitrogens with zero attached hydrogens (tertiary/aromatic N) is 3. The number of carbonyl (C=O) groups is 1. The highest BCUT2D eigenvalue weighted by Crippen LogP contribution is 2.23. The van der Waals surface area contributed by atoms with Crippen molar-refractivity contribution >= 4 is 17.1 Å². The second kappa shape index (κ2) is 8.55. The topological polar surface area (TPSA) is 64.5 Å². The van der Waals surface area contributed by atoms with Crippen molar-refractivity contribution in [3.05, 3.63) is 30.5 Å². The van der Waals surface area contributed by atoms with E-state index in [4.69, 9.17) is 9.47 Å². The Morgan fingerprint density at radius 2 is 2.04 bits per heavy atom. The molecule has 3 rings (SSSR count). The molecule has 0 N–H and O–H groups in total. The average molecular weight is 371 g/mol. The quantitative estimate of drug-likeness (QED) is 0.727. The predicted octanol–water partition coefficient (Wildman–Crippen LogP) is 4.44. The average Bonchev–Trinajstić information content (AvgIpc) is 2.64. The normalized spacial score (nSPS) is 17.7. The third-order valence-electron chi connectivity index (χ3n) is 4.60. The van der Waals surface area contributed by atoms with Crippen LogP contribution in [-0.4, -0.2) is 46.3 Å². The van der Waals surface area contributed by atoms with Gasteiger partial charge in [0.2, 0.25) is 5.88 Å². The second-order valence-electron chi connectivity index (χ2n) is 8.12. The number of rotatable bonds is 5. The maximum absolute atomic E-state index is 12.2. The van der Waals surface area contributed by atoms with Crippen LogP contribution in [0.3, 0.4) is 0 Å². The highest BCUT2D eigenvalue weighted by molar-refractivity contribution is 5.73. The van der Waals surface area contributed by atoms with E-state index in [1.165, 1.54) is 0 Å². The molecule has 0 unspecified atom stereocenters. The number of piperidine rings is 1. The van der Waals surface area contributed by atoms with E-state index in [0.29, 0.717) is 18.4 Å². The number of likely N-dealkylation sites (tertiary alicyclic amines) is 1. The first-order chi connectivity index (χ1) is 12.9. The van der Waals surface area contributed by atoms with Gasteiger partial charge in [-0.05, 0) is 64.5 Å². The molecule has 1 atom stereocenters. The molecule has 1 fully saturated rings. The third-order valence-corrected chi connectivity index (χ3v) is 4.60. The lowest BCUT2D eigenvalue weighted by molar-refractivity contribution is 0.0159. The molecule has 0 radical (unpaired) electrons. The van der Waals surface area contributed by atoms with E-state index in [2.05, 4.69) is 9.97 Å². The van der Waals surface area contributed by atoms with Gasteiger partial charge in [-0.15, -0.1) is 0 Å². The predicted molar refractivity (Wildman–Crippen MR) is 105 cm³/mol. The van der Waals surface area contributed by atoms with Crippen molar-refractivity contribution in [1.82, 2.24) is 14.9 Å². The number of carbonyl (C=O) groups excluding carboxylic acids is 1. The Morgan fingerprint density at radius 3 is 2.81 bits per heavy atom. The Kier molecular flexibility index (Phi) is 6.14. The van der Waals surface area contributed by atoms with E-state index in [9.17, 15) is 4.79 Å². The Balaban J connectivity index is 1.42. The molecule has 1 amide bonds. The fraction of sp³-hybridized carbons (Fsp3) is 0.571. The van der Waals surface area contributed by atoms with Crippen LogP contribution in [0, 0.1) is 5.92 Å². The van der Waals surface area contributed by atoms with Crippen LogP contribution in [0.1, 0.15) is 46.5 Å². The van der Waals surface area contributed by atoms with Crippen molar-refractivity contribution in [2.45, 2.75) is 52.1 Å². The Bertz CT molecular complexity index is 773. The minimum atomic E-state index is -0.446. The van der Waals surface area contributed by atoms with Gasteiger partial charge in [-0.25, -0.2) is 14.8 Å². The highest BCUT2D eigenvalue weighted by atomic mass is 16.6. The lowest BCUT2D eigenvalue weighted by Crippen LogP contribution is -2.42. The number of ether oxygens (including phenoxy) is 2. The molecule has 0 spiro atoms. The maximum Gasteiger partial charge on any atom is 0.410 e. The van der Waals surface area contributed by atoms with Crippen LogP contribution in [0.15, 0.2) is 30.5 Å². The molecule has 0 aliphatic carbocycles. The van der Waals surface area contributed by atoms with E-state index in [1.807, 2.05) is 49.9 Å². The molecule has 1 aromatic heterocycles. The van der Waals surface area contributed by atoms with Gasteiger partial charge >= 0.3 is 6.09 Å². The van der Waals surface area contributed by atoms with Crippen molar-refractivity contribution in [3.8, 4) is 5.88 Å². The Labute approximate surface area is 160 Å². The van der Waals surface area contributed by atoms with E-state index in [0.717, 1.165) is 49.8 Å². The van der Waals surface area contributed by atoms with E-state index < -0.39 is 5.60 Å². The smallest absolute Gasteiger partial charge is 0.410 e. The van der Waals surface area contributed by atoms with Crippen LogP contribution in [0.25, 0.3) is 11.0 Å². The first-order valence-corrected chi connectivity index (χ1v) is 9.73. The summed E-state index contributed by atoms with van der Waals surface area (Å²) >= 11 is 0. The van der Waals surface area contributed by atoms with E-state index in [1.54, 1.807) is 6.20 Å². The molecule has 27 heavy (non-hydrogen) atoms. The van der Waals surface area contributed by atoms with E-state index >= 15 is 0 Å². The molecule has 2 heterocycles. The summed E-state index contributed by atoms with van der Waals surface area (Å²) in [6, 6.07) is 7.76. The monoisotopic (exact) mass is 371 g/mol. The first-order valence-electron chi connectivity index (χ1n) is 9.73. The van der Waals surface area contributed by atoms with Crippen molar-refractivity contribution in [3.63, 3.8) is 0 Å². The number of hydrogen-bond acceptors (Lipinski definition) is 5. The fourth-order valence-corrected chi connectivity index (χ4v) is 3.35. The standard InChI is InChI=1S/C21H29N3O3/c1-21(2,3)27-20(25)24-12-6-8-16(15-24)9-7-13-26-19-14-22-17-10-4-5-11-18(17)23-19/h4-5,10-11,14,16H,6-9,12-13,15H2,1-3H3/t16-/m1/s1. The Morgan fingerprint density at radius 1 is 1.26 bits per heavy atom. The van der Waals surface area contributed by atoms with Crippen LogP contribution in [0.2, 0.25) is 0 Å². The number of fused-ring (bicyclic) bond motifs is 1. The van der Waals surface area contributed by atoms with Crippen LogP contribution < -0.4 is 4.74 Å². The molecule has 1 saturated heterocycles. The zero-order valence-electron chi connectivity index (χ0n) is 16.5. The summed E-state index contributed by atoms with van der Waals surface area (Å²) in [6.07, 6.45) is 5.61. The summed E-state index contributed by atoms with van der Waals surface area (Å²) in [7, 11) is 0. The summed E-state index contributed by atoms with van der Waals surface area (Å²) in [5.41, 5.74) is 1.27. The summed E-state index contributed by atoms with van der Waals surface area (Å²) in [5.74, 6) is 1.06. The second-order valence-corrected chi connectivity index (χ2v) is 8.12. The van der Waals surface area contributed by atoms with E-state index in [-0.39, 0.29) is 6.09 Å². The zero-order chi connectivity index (χ0) is 19.3. The maximum atomic E-state index is 12.2. The first kappa shape index (κ1) is 19.4. The molecular formula is C21H29N3O3. The molecular weight excluding hydrogens is 342 g/mol. The molecule has 1 aromatic carbocycles. The van der Waals surface area contributed by atoms with Crippen molar-refractivity contribution in [2.24, 2.45) is 5.92 Å². The van der Waals surface area contributed by atoms with Crippen LogP contribution in [0.4, 0.5) is 4.79 Å². The van der Waals surface area contributed by atoms with Gasteiger partial charge in [0.05, 0.1) is 23.8 Å². The highest BCUT2D eigenvalue weighted by Gasteiger charge is 2.27. The van der Waals surface area contributed by atoms with Crippen molar-refractivity contribution in [2.75, 3.05) is 19.7 Å². The third kappa shape index (κ3) is 5.81. The van der Waals surface area contributed by atoms with Crippen molar-refractivity contribution < 1.29 is 14.3 Å². The van der Waals surface area contributed by atoms with Gasteiger partial charge in [0.25, 0.3) is 0 Å². The number of aromatic nitrogens is 2. The van der Waals surface area contributed by atoms with Gasteiger partial charge in [-0.3, -0.25) is 0 Å². The molecule has 146 valence electrons. The minimum absolute atomic E-state index is 0.199. The lowest BCUT2D eigenvalue weighted by Gasteiger charge is -2.34. The van der Waals surface area contributed by atoms with Crippen LogP contribution in [-0.2, 0) is 4.74 Å². The molecule has 1 aliphatic rings. The molecule has 0 saturated carbocycles. The molecule has 0 bridgehead atoms. The SMILES string of the molecule is CC(C)(C)OC(=O)N1CCC[C@H](CCCOc2cnc3ccccc3n2)C1. The van der Waals surface area contributed by atoms with Gasteiger partial charge in [-0.2, -0.15) is 0 Å². The van der Waals surface area contributed by atoms with Gasteiger partial charge in [0, 0.05) is 13.1 Å². The molecule has 2 aromatic rings. The number of hydrogen-bond donors (Lipinski definition) is 0. The summed E-state index contributed by atoms with van der Waals surface area (Å²) < 4.78 is 11.3. The Hall–Kier alpha value is -2.37. The van der Waals surface area contributed by atoms with Gasteiger partial charge in [0.15, 0.2) is 0 Å². The van der Waals surface area contributed by atoms with Gasteiger partial charge in [-0.1, -0.05) is 12.1 Å². The summed E-state index contributed by atoms with van der Waals surface area (Å²) in [4.78, 5) is 22.9. The fourth-order valence-electron chi connectivity index (χ4n) is 3.35. The minimum Gasteiger partial charge on any atom is -0.477 e. The zero-order valence-corrected chi connectivity index (χ0v) is 16.5. The number of para-hydroxylation sites is 2. The van der Waals surface area contributed by atoms with Crippen LogP contribution in [0.5, 0.6) is 5.88 Å².